The molecule has 2 atom stereocenters. The standard InChI is InChI=1S/C25H28N4O3/c30-24(9-3-5-17-14-27-22-8-2-1-7-21(17)22)29-16-20(32-19-6-4-12-26-15-19)13-23(29)25(31)28-18-10-11-18/h1-2,4,6-8,12,14-15,18,20,23,27H,3,5,9-11,13,16H2,(H,28,31)/t20-,23-/m0/s1. The number of nitrogens with zero attached hydrogens (tertiary/aromatic N) is 2. The van der Waals surface area contributed by atoms with Gasteiger partial charge in [-0.15, -0.1) is 0 Å². The lowest BCUT2D eigenvalue weighted by Gasteiger charge is -2.23. The molecule has 0 bridgehead atoms. The van der Waals surface area contributed by atoms with Crippen LogP contribution in [0.1, 0.15) is 37.7 Å². The van der Waals surface area contributed by atoms with Crippen LogP contribution in [0.15, 0.2) is 55.0 Å². The molecule has 0 radical (unpaired) electrons. The molecule has 32 heavy (non-hydrogen) atoms. The van der Waals surface area contributed by atoms with Crippen molar-refractivity contribution >= 4 is 22.7 Å². The Bertz CT molecular complexity index is 1090. The van der Waals surface area contributed by atoms with Crippen LogP contribution in [0.5, 0.6) is 5.75 Å². The van der Waals surface area contributed by atoms with Gasteiger partial charge in [0.15, 0.2) is 0 Å². The first-order chi connectivity index (χ1) is 15.7. The minimum absolute atomic E-state index is 0.0121. The molecule has 7 heteroatoms. The minimum atomic E-state index is -0.474. The zero-order chi connectivity index (χ0) is 21.9. The van der Waals surface area contributed by atoms with E-state index < -0.39 is 6.04 Å². The van der Waals surface area contributed by atoms with Crippen LogP contribution in [-0.2, 0) is 16.0 Å². The molecule has 2 N–H and O–H groups in total. The summed E-state index contributed by atoms with van der Waals surface area (Å²) >= 11 is 0. The number of aromatic amines is 1. The summed E-state index contributed by atoms with van der Waals surface area (Å²) in [5.74, 6) is 0.611. The fourth-order valence-corrected chi connectivity index (χ4v) is 4.45. The van der Waals surface area contributed by atoms with Crippen molar-refractivity contribution in [3.8, 4) is 5.75 Å². The van der Waals surface area contributed by atoms with Gasteiger partial charge >= 0.3 is 0 Å². The van der Waals surface area contributed by atoms with Crippen molar-refractivity contribution in [3.05, 3.63) is 60.6 Å². The number of fused-ring (bicyclic) bond motifs is 1. The molecular formula is C25H28N4O3. The Labute approximate surface area is 187 Å². The van der Waals surface area contributed by atoms with Gasteiger partial charge in [-0.05, 0) is 49.4 Å². The summed E-state index contributed by atoms with van der Waals surface area (Å²) in [6, 6.07) is 11.6. The van der Waals surface area contributed by atoms with E-state index in [0.29, 0.717) is 25.1 Å². The van der Waals surface area contributed by atoms with Crippen molar-refractivity contribution < 1.29 is 14.3 Å². The SMILES string of the molecule is O=C(NC1CC1)[C@@H]1C[C@H](Oc2cccnc2)CN1C(=O)CCCc1c[nH]c2ccccc12. The van der Waals surface area contributed by atoms with E-state index in [1.807, 2.05) is 30.5 Å². The summed E-state index contributed by atoms with van der Waals surface area (Å²) in [5.41, 5.74) is 2.33. The fourth-order valence-electron chi connectivity index (χ4n) is 4.45. The van der Waals surface area contributed by atoms with E-state index in [9.17, 15) is 9.59 Å². The molecular weight excluding hydrogens is 404 g/mol. The maximum absolute atomic E-state index is 13.1. The topological polar surface area (TPSA) is 87.3 Å². The Kier molecular flexibility index (Phi) is 5.79. The molecule has 1 aliphatic carbocycles. The van der Waals surface area contributed by atoms with E-state index >= 15 is 0 Å². The molecule has 0 unspecified atom stereocenters. The number of carbonyl (C=O) groups excluding carboxylic acids is 2. The summed E-state index contributed by atoms with van der Waals surface area (Å²) in [7, 11) is 0. The van der Waals surface area contributed by atoms with Crippen LogP contribution < -0.4 is 10.1 Å². The maximum Gasteiger partial charge on any atom is 0.243 e. The number of likely N-dealkylation sites (tertiary alicyclic amines) is 1. The average Bonchev–Trinajstić information content (AvgIpc) is 3.37. The number of benzene rings is 1. The van der Waals surface area contributed by atoms with Crippen molar-refractivity contribution in [1.29, 1.82) is 0 Å². The Morgan fingerprint density at radius 2 is 2.06 bits per heavy atom. The number of para-hydroxylation sites is 1. The van der Waals surface area contributed by atoms with Crippen LogP contribution in [0.3, 0.4) is 0 Å². The molecule has 2 fully saturated rings. The number of aryl methyl sites for hydroxylation is 1. The van der Waals surface area contributed by atoms with Gasteiger partial charge in [-0.1, -0.05) is 18.2 Å². The number of amides is 2. The first-order valence-corrected chi connectivity index (χ1v) is 11.4. The molecule has 1 aliphatic heterocycles. The molecule has 5 rings (SSSR count). The first kappa shape index (κ1) is 20.5. The van der Waals surface area contributed by atoms with Crippen LogP contribution >= 0.6 is 0 Å². The summed E-state index contributed by atoms with van der Waals surface area (Å²) in [6.07, 6.45) is 9.66. The lowest BCUT2D eigenvalue weighted by molar-refractivity contribution is -0.138. The van der Waals surface area contributed by atoms with E-state index in [4.69, 9.17) is 4.74 Å². The van der Waals surface area contributed by atoms with Crippen LogP contribution in [0, 0.1) is 0 Å². The molecule has 2 aromatic heterocycles. The Morgan fingerprint density at radius 3 is 2.88 bits per heavy atom. The van der Waals surface area contributed by atoms with Gasteiger partial charge in [-0.3, -0.25) is 14.6 Å². The van der Waals surface area contributed by atoms with Crippen molar-refractivity contribution in [2.75, 3.05) is 6.54 Å². The van der Waals surface area contributed by atoms with Gasteiger partial charge in [0.2, 0.25) is 11.8 Å². The number of rotatable bonds is 8. The van der Waals surface area contributed by atoms with Gasteiger partial charge in [0.25, 0.3) is 0 Å². The largest absolute Gasteiger partial charge is 0.487 e. The number of carbonyl (C=O) groups is 2. The summed E-state index contributed by atoms with van der Waals surface area (Å²) < 4.78 is 6.03. The van der Waals surface area contributed by atoms with Gasteiger partial charge < -0.3 is 19.9 Å². The van der Waals surface area contributed by atoms with E-state index in [-0.39, 0.29) is 24.0 Å². The molecule has 1 saturated carbocycles. The average molecular weight is 433 g/mol. The second kappa shape index (κ2) is 9.02. The molecule has 2 amide bonds. The number of hydrogen-bond donors (Lipinski definition) is 2. The minimum Gasteiger partial charge on any atom is -0.487 e. The number of H-pyrrole nitrogens is 1. The maximum atomic E-state index is 13.1. The van der Waals surface area contributed by atoms with Gasteiger partial charge in [0.1, 0.15) is 17.9 Å². The quantitative estimate of drug-likeness (QED) is 0.572. The Hall–Kier alpha value is -3.35. The summed E-state index contributed by atoms with van der Waals surface area (Å²) in [5, 5.41) is 4.26. The molecule has 7 nitrogen and oxygen atoms in total. The summed E-state index contributed by atoms with van der Waals surface area (Å²) in [6.45, 7) is 0.420. The van der Waals surface area contributed by atoms with Gasteiger partial charge in [0.05, 0.1) is 12.7 Å². The van der Waals surface area contributed by atoms with Crippen molar-refractivity contribution in [2.24, 2.45) is 0 Å². The predicted octanol–water partition coefficient (Wildman–Crippen LogP) is 3.21. The smallest absolute Gasteiger partial charge is 0.243 e. The third-order valence-corrected chi connectivity index (χ3v) is 6.26. The molecule has 1 saturated heterocycles. The molecule has 166 valence electrons. The van der Waals surface area contributed by atoms with Crippen LogP contribution in [-0.4, -0.2) is 51.4 Å². The lowest BCUT2D eigenvalue weighted by atomic mass is 10.1. The number of ether oxygens (including phenoxy) is 1. The number of aromatic nitrogens is 2. The van der Waals surface area contributed by atoms with Gasteiger partial charge in [0, 0.05) is 42.2 Å². The zero-order valence-electron chi connectivity index (χ0n) is 18.0. The van der Waals surface area contributed by atoms with Crippen LogP contribution in [0.25, 0.3) is 10.9 Å². The monoisotopic (exact) mass is 432 g/mol. The highest BCUT2D eigenvalue weighted by atomic mass is 16.5. The van der Waals surface area contributed by atoms with Gasteiger partial charge in [-0.25, -0.2) is 0 Å². The first-order valence-electron chi connectivity index (χ1n) is 11.4. The van der Waals surface area contributed by atoms with E-state index in [1.165, 1.54) is 10.9 Å². The van der Waals surface area contributed by atoms with Crippen LogP contribution in [0.4, 0.5) is 0 Å². The highest BCUT2D eigenvalue weighted by Crippen LogP contribution is 2.26. The fraction of sp³-hybridized carbons (Fsp3) is 0.400. The van der Waals surface area contributed by atoms with Crippen LogP contribution in [0.2, 0.25) is 0 Å². The normalized spacial score (nSPS) is 20.4. The third kappa shape index (κ3) is 4.61. The number of pyridine rings is 1. The second-order valence-corrected chi connectivity index (χ2v) is 8.72. The van der Waals surface area contributed by atoms with Crippen molar-refractivity contribution in [2.45, 2.75) is 56.7 Å². The van der Waals surface area contributed by atoms with Crippen molar-refractivity contribution in [1.82, 2.24) is 20.2 Å². The molecule has 1 aromatic carbocycles. The predicted molar refractivity (Wildman–Crippen MR) is 121 cm³/mol. The lowest BCUT2D eigenvalue weighted by Crippen LogP contribution is -2.46. The van der Waals surface area contributed by atoms with E-state index in [1.54, 1.807) is 17.3 Å². The Balaban J connectivity index is 1.22. The van der Waals surface area contributed by atoms with Gasteiger partial charge in [-0.2, -0.15) is 0 Å². The van der Waals surface area contributed by atoms with Crippen molar-refractivity contribution in [3.63, 3.8) is 0 Å². The highest BCUT2D eigenvalue weighted by Gasteiger charge is 2.41. The molecule has 3 heterocycles. The number of nitrogens with one attached hydrogen (secondary N) is 2. The van der Waals surface area contributed by atoms with E-state index in [0.717, 1.165) is 31.2 Å². The van der Waals surface area contributed by atoms with E-state index in [2.05, 4.69) is 27.4 Å². The zero-order valence-corrected chi connectivity index (χ0v) is 18.0. The molecule has 2 aliphatic rings. The molecule has 3 aromatic rings. The highest BCUT2D eigenvalue weighted by molar-refractivity contribution is 5.89. The Morgan fingerprint density at radius 1 is 1.19 bits per heavy atom. The summed E-state index contributed by atoms with van der Waals surface area (Å²) in [4.78, 5) is 35.0. The second-order valence-electron chi connectivity index (χ2n) is 8.72. The third-order valence-electron chi connectivity index (χ3n) is 6.26. The number of hydrogen-bond acceptors (Lipinski definition) is 4. The molecule has 0 spiro atoms.